The fourth-order valence-corrected chi connectivity index (χ4v) is 2.22. The minimum atomic E-state index is -0.147. The summed E-state index contributed by atoms with van der Waals surface area (Å²) >= 11 is 0. The highest BCUT2D eigenvalue weighted by Gasteiger charge is 2.23. The molecule has 0 spiro atoms. The van der Waals surface area contributed by atoms with Crippen molar-refractivity contribution in [3.8, 4) is 0 Å². The van der Waals surface area contributed by atoms with Gasteiger partial charge in [-0.3, -0.25) is 4.79 Å². The van der Waals surface area contributed by atoms with Crippen LogP contribution < -0.4 is 10.6 Å². The van der Waals surface area contributed by atoms with Gasteiger partial charge in [-0.25, -0.2) is 4.79 Å². The van der Waals surface area contributed by atoms with Gasteiger partial charge in [-0.05, 0) is 19.4 Å². The molecule has 2 N–H and O–H groups in total. The minimum Gasteiger partial charge on any atom is -0.340 e. The van der Waals surface area contributed by atoms with Crippen LogP contribution in [0.4, 0.5) is 4.79 Å². The van der Waals surface area contributed by atoms with Gasteiger partial charge in [0, 0.05) is 45.2 Å². The van der Waals surface area contributed by atoms with Crippen molar-refractivity contribution in [3.63, 3.8) is 0 Å². The molecule has 1 heterocycles. The molecule has 1 saturated heterocycles. The van der Waals surface area contributed by atoms with Crippen molar-refractivity contribution in [2.24, 2.45) is 0 Å². The molecule has 2 fully saturated rings. The zero-order valence-corrected chi connectivity index (χ0v) is 11.7. The summed E-state index contributed by atoms with van der Waals surface area (Å²) in [6.45, 7) is 7.13. The number of urea groups is 1. The summed E-state index contributed by atoms with van der Waals surface area (Å²) in [6, 6.07) is 0.212. The molecule has 0 unspecified atom stereocenters. The Morgan fingerprint density at radius 3 is 2.42 bits per heavy atom. The highest BCUT2D eigenvalue weighted by atomic mass is 16.2. The van der Waals surface area contributed by atoms with Crippen LogP contribution >= 0.6 is 0 Å². The Morgan fingerprint density at radius 1 is 1.16 bits per heavy atom. The number of hydrogen-bond acceptors (Lipinski definition) is 3. The molecule has 0 aromatic rings. The normalized spacial score (nSPS) is 20.2. The molecule has 3 amide bonds. The first-order valence-corrected chi connectivity index (χ1v) is 7.23. The Hall–Kier alpha value is -1.30. The van der Waals surface area contributed by atoms with E-state index in [4.69, 9.17) is 0 Å². The van der Waals surface area contributed by atoms with Gasteiger partial charge in [-0.15, -0.1) is 0 Å². The second kappa shape index (κ2) is 6.75. The third-order valence-electron chi connectivity index (χ3n) is 3.71. The van der Waals surface area contributed by atoms with Crippen LogP contribution in [0.1, 0.15) is 26.2 Å². The lowest BCUT2D eigenvalue weighted by Gasteiger charge is -2.34. The van der Waals surface area contributed by atoms with Crippen LogP contribution in [0.5, 0.6) is 0 Å². The molecular weight excluding hydrogens is 244 g/mol. The van der Waals surface area contributed by atoms with E-state index in [1.165, 1.54) is 0 Å². The standard InChI is InChI=1S/C13H24N4O2/c1-2-16-7-9-17(10-8-16)12(18)5-6-14-13(19)15-11-3-4-11/h11H,2-10H2,1H3,(H2,14,15,19). The second-order valence-electron chi connectivity index (χ2n) is 5.24. The van der Waals surface area contributed by atoms with Crippen LogP contribution in [0.25, 0.3) is 0 Å². The van der Waals surface area contributed by atoms with Gasteiger partial charge in [0.15, 0.2) is 0 Å². The summed E-state index contributed by atoms with van der Waals surface area (Å²) in [5.41, 5.74) is 0. The number of piperazine rings is 1. The van der Waals surface area contributed by atoms with Gasteiger partial charge < -0.3 is 20.4 Å². The smallest absolute Gasteiger partial charge is 0.315 e. The van der Waals surface area contributed by atoms with E-state index in [1.54, 1.807) is 0 Å². The molecule has 6 nitrogen and oxygen atoms in total. The molecule has 6 heteroatoms. The first-order valence-electron chi connectivity index (χ1n) is 7.23. The molecule has 0 radical (unpaired) electrons. The van der Waals surface area contributed by atoms with Crippen molar-refractivity contribution in [3.05, 3.63) is 0 Å². The lowest BCUT2D eigenvalue weighted by atomic mass is 10.2. The van der Waals surface area contributed by atoms with Crippen molar-refractivity contribution in [1.29, 1.82) is 0 Å². The number of nitrogens with zero attached hydrogens (tertiary/aromatic N) is 2. The number of rotatable bonds is 5. The molecule has 0 bridgehead atoms. The number of carbonyl (C=O) groups excluding carboxylic acids is 2. The van der Waals surface area contributed by atoms with Crippen molar-refractivity contribution < 1.29 is 9.59 Å². The van der Waals surface area contributed by atoms with Crippen LogP contribution in [0.2, 0.25) is 0 Å². The highest BCUT2D eigenvalue weighted by Crippen LogP contribution is 2.18. The van der Waals surface area contributed by atoms with E-state index >= 15 is 0 Å². The van der Waals surface area contributed by atoms with Gasteiger partial charge in [0.1, 0.15) is 0 Å². The van der Waals surface area contributed by atoms with Gasteiger partial charge in [-0.1, -0.05) is 6.92 Å². The van der Waals surface area contributed by atoms with Crippen LogP contribution in [0, 0.1) is 0 Å². The Balaban J connectivity index is 1.57. The maximum absolute atomic E-state index is 11.9. The molecule has 108 valence electrons. The minimum absolute atomic E-state index is 0.141. The largest absolute Gasteiger partial charge is 0.340 e. The van der Waals surface area contributed by atoms with Gasteiger partial charge in [0.05, 0.1) is 0 Å². The number of carbonyl (C=O) groups is 2. The molecule has 2 rings (SSSR count). The average molecular weight is 268 g/mol. The van der Waals surface area contributed by atoms with E-state index in [2.05, 4.69) is 22.5 Å². The Labute approximate surface area is 114 Å². The quantitative estimate of drug-likeness (QED) is 0.738. The van der Waals surface area contributed by atoms with E-state index in [0.29, 0.717) is 19.0 Å². The Morgan fingerprint density at radius 2 is 1.84 bits per heavy atom. The van der Waals surface area contributed by atoms with Gasteiger partial charge in [0.2, 0.25) is 5.91 Å². The molecule has 1 aliphatic carbocycles. The molecule has 0 aromatic heterocycles. The number of hydrogen-bond donors (Lipinski definition) is 2. The van der Waals surface area contributed by atoms with Crippen LogP contribution in [-0.4, -0.2) is 67.0 Å². The lowest BCUT2D eigenvalue weighted by Crippen LogP contribution is -2.49. The zero-order valence-electron chi connectivity index (χ0n) is 11.7. The fourth-order valence-electron chi connectivity index (χ4n) is 2.22. The number of amides is 3. The summed E-state index contributed by atoms with van der Waals surface area (Å²) < 4.78 is 0. The van der Waals surface area contributed by atoms with Crippen molar-refractivity contribution >= 4 is 11.9 Å². The summed E-state index contributed by atoms with van der Waals surface area (Å²) in [7, 11) is 0. The monoisotopic (exact) mass is 268 g/mol. The summed E-state index contributed by atoms with van der Waals surface area (Å²) in [4.78, 5) is 27.6. The highest BCUT2D eigenvalue weighted by molar-refractivity contribution is 5.78. The third kappa shape index (κ3) is 4.70. The summed E-state index contributed by atoms with van der Waals surface area (Å²) in [5, 5.41) is 5.57. The van der Waals surface area contributed by atoms with Crippen molar-refractivity contribution in [1.82, 2.24) is 20.4 Å². The SMILES string of the molecule is CCN1CCN(C(=O)CCNC(=O)NC2CC2)CC1. The molecule has 1 saturated carbocycles. The third-order valence-corrected chi connectivity index (χ3v) is 3.71. The maximum Gasteiger partial charge on any atom is 0.315 e. The van der Waals surface area contributed by atoms with Crippen molar-refractivity contribution in [2.75, 3.05) is 39.3 Å². The Bertz CT molecular complexity index is 323. The maximum atomic E-state index is 11.9. The molecule has 0 atom stereocenters. The topological polar surface area (TPSA) is 64.7 Å². The van der Waals surface area contributed by atoms with E-state index in [0.717, 1.165) is 45.6 Å². The van der Waals surface area contributed by atoms with E-state index in [1.807, 2.05) is 4.90 Å². The van der Waals surface area contributed by atoms with Crippen LogP contribution in [0.15, 0.2) is 0 Å². The molecular formula is C13H24N4O2. The average Bonchev–Trinajstić information content (AvgIpc) is 3.22. The molecule has 2 aliphatic rings. The fraction of sp³-hybridized carbons (Fsp3) is 0.846. The number of likely N-dealkylation sites (N-methyl/N-ethyl adjacent to an activating group) is 1. The molecule has 19 heavy (non-hydrogen) atoms. The van der Waals surface area contributed by atoms with Crippen LogP contribution in [0.3, 0.4) is 0 Å². The first-order chi connectivity index (χ1) is 9.19. The van der Waals surface area contributed by atoms with Crippen molar-refractivity contribution in [2.45, 2.75) is 32.2 Å². The number of nitrogens with one attached hydrogen (secondary N) is 2. The lowest BCUT2D eigenvalue weighted by molar-refractivity contribution is -0.132. The predicted molar refractivity (Wildman–Crippen MR) is 72.9 cm³/mol. The molecule has 1 aliphatic heterocycles. The second-order valence-corrected chi connectivity index (χ2v) is 5.24. The first kappa shape index (κ1) is 14.1. The van der Waals surface area contributed by atoms with E-state index in [9.17, 15) is 9.59 Å². The van der Waals surface area contributed by atoms with Crippen LogP contribution in [-0.2, 0) is 4.79 Å². The summed E-state index contributed by atoms with van der Waals surface area (Å²) in [6.07, 6.45) is 2.55. The summed E-state index contributed by atoms with van der Waals surface area (Å²) in [5.74, 6) is 0.141. The Kier molecular flexibility index (Phi) is 5.01. The van der Waals surface area contributed by atoms with E-state index in [-0.39, 0.29) is 11.9 Å². The van der Waals surface area contributed by atoms with Gasteiger partial charge in [-0.2, -0.15) is 0 Å². The molecule has 0 aromatic carbocycles. The predicted octanol–water partition coefficient (Wildman–Crippen LogP) is 0.00220. The zero-order chi connectivity index (χ0) is 13.7. The van der Waals surface area contributed by atoms with Gasteiger partial charge >= 0.3 is 6.03 Å². The van der Waals surface area contributed by atoms with E-state index < -0.39 is 0 Å². The van der Waals surface area contributed by atoms with Gasteiger partial charge in [0.25, 0.3) is 0 Å².